The van der Waals surface area contributed by atoms with Crippen molar-refractivity contribution in [1.82, 2.24) is 30.2 Å². The molecule has 0 aromatic carbocycles. The van der Waals surface area contributed by atoms with E-state index in [1.165, 1.54) is 0 Å². The number of hydrogen-bond donors (Lipinski definition) is 1. The summed E-state index contributed by atoms with van der Waals surface area (Å²) < 4.78 is 0. The number of aromatic nitrogens is 5. The van der Waals surface area contributed by atoms with Crippen molar-refractivity contribution >= 4 is 5.91 Å². The molecule has 0 saturated heterocycles. The maximum Gasteiger partial charge on any atom is 0.270 e. The SMILES string of the molecule is Cc1cc(-c2cncc(CNC(=O)c3ccc(-c4cnccn4)cn3)c2)ccn1. The summed E-state index contributed by atoms with van der Waals surface area (Å²) in [4.78, 5) is 33.4. The predicted octanol–water partition coefficient (Wildman–Crippen LogP) is 3.23. The highest BCUT2D eigenvalue weighted by Gasteiger charge is 2.09. The van der Waals surface area contributed by atoms with Crippen molar-refractivity contribution in [2.24, 2.45) is 0 Å². The molecule has 7 heteroatoms. The van der Waals surface area contributed by atoms with Crippen LogP contribution in [0.3, 0.4) is 0 Å². The Bertz CT molecular complexity index is 1130. The average molecular weight is 382 g/mol. The Kier molecular flexibility index (Phi) is 5.29. The molecule has 0 fully saturated rings. The first-order valence-corrected chi connectivity index (χ1v) is 9.06. The topological polar surface area (TPSA) is 93.6 Å². The van der Waals surface area contributed by atoms with Crippen molar-refractivity contribution in [3.05, 3.63) is 90.7 Å². The summed E-state index contributed by atoms with van der Waals surface area (Å²) in [5.74, 6) is -0.249. The highest BCUT2D eigenvalue weighted by Crippen LogP contribution is 2.19. The van der Waals surface area contributed by atoms with Crippen LogP contribution in [0.2, 0.25) is 0 Å². The van der Waals surface area contributed by atoms with Gasteiger partial charge in [-0.3, -0.25) is 29.7 Å². The van der Waals surface area contributed by atoms with E-state index < -0.39 is 0 Å². The van der Waals surface area contributed by atoms with E-state index in [9.17, 15) is 4.79 Å². The van der Waals surface area contributed by atoms with Crippen LogP contribution < -0.4 is 5.32 Å². The van der Waals surface area contributed by atoms with Crippen molar-refractivity contribution in [1.29, 1.82) is 0 Å². The van der Waals surface area contributed by atoms with Crippen molar-refractivity contribution < 1.29 is 4.79 Å². The number of nitrogens with zero attached hydrogens (tertiary/aromatic N) is 5. The molecule has 0 spiro atoms. The third-order valence-corrected chi connectivity index (χ3v) is 4.33. The van der Waals surface area contributed by atoms with Gasteiger partial charge in [0.2, 0.25) is 0 Å². The van der Waals surface area contributed by atoms with Crippen molar-refractivity contribution in [2.45, 2.75) is 13.5 Å². The molecule has 1 N–H and O–H groups in total. The molecule has 0 aliphatic heterocycles. The summed E-state index contributed by atoms with van der Waals surface area (Å²) in [7, 11) is 0. The molecule has 0 bridgehead atoms. The zero-order valence-corrected chi connectivity index (χ0v) is 15.8. The number of amides is 1. The van der Waals surface area contributed by atoms with E-state index in [2.05, 4.69) is 30.2 Å². The number of nitrogens with one attached hydrogen (secondary N) is 1. The zero-order chi connectivity index (χ0) is 20.1. The minimum absolute atomic E-state index is 0.249. The number of carbonyl (C=O) groups is 1. The maximum atomic E-state index is 12.4. The van der Waals surface area contributed by atoms with E-state index in [4.69, 9.17) is 0 Å². The molecule has 4 aromatic heterocycles. The number of aryl methyl sites for hydroxylation is 1. The second-order valence-corrected chi connectivity index (χ2v) is 6.47. The quantitative estimate of drug-likeness (QED) is 0.570. The Morgan fingerprint density at radius 3 is 2.52 bits per heavy atom. The number of rotatable bonds is 5. The fourth-order valence-electron chi connectivity index (χ4n) is 2.87. The molecule has 0 radical (unpaired) electrons. The summed E-state index contributed by atoms with van der Waals surface area (Å²) in [6, 6.07) is 9.43. The van der Waals surface area contributed by atoms with Gasteiger partial charge in [0.05, 0.1) is 11.9 Å². The molecule has 4 aromatic rings. The lowest BCUT2D eigenvalue weighted by molar-refractivity contribution is 0.0946. The summed E-state index contributed by atoms with van der Waals surface area (Å²) in [5.41, 5.74) is 5.72. The molecular formula is C22H18N6O. The van der Waals surface area contributed by atoms with Gasteiger partial charge in [-0.05, 0) is 48.4 Å². The van der Waals surface area contributed by atoms with E-state index in [1.54, 1.807) is 55.5 Å². The number of pyridine rings is 3. The number of hydrogen-bond acceptors (Lipinski definition) is 6. The second kappa shape index (κ2) is 8.35. The van der Waals surface area contributed by atoms with Crippen LogP contribution in [0.25, 0.3) is 22.4 Å². The molecule has 142 valence electrons. The van der Waals surface area contributed by atoms with Crippen molar-refractivity contribution in [2.75, 3.05) is 0 Å². The maximum absolute atomic E-state index is 12.4. The lowest BCUT2D eigenvalue weighted by Crippen LogP contribution is -2.23. The minimum atomic E-state index is -0.249. The third-order valence-electron chi connectivity index (χ3n) is 4.33. The number of carbonyl (C=O) groups excluding carboxylic acids is 1. The second-order valence-electron chi connectivity index (χ2n) is 6.47. The Morgan fingerprint density at radius 2 is 1.76 bits per heavy atom. The van der Waals surface area contributed by atoms with Gasteiger partial charge in [-0.15, -0.1) is 0 Å². The Balaban J connectivity index is 1.43. The van der Waals surface area contributed by atoms with Gasteiger partial charge in [0.1, 0.15) is 5.69 Å². The van der Waals surface area contributed by atoms with E-state index in [0.29, 0.717) is 17.9 Å². The monoisotopic (exact) mass is 382 g/mol. The highest BCUT2D eigenvalue weighted by molar-refractivity contribution is 5.92. The molecule has 29 heavy (non-hydrogen) atoms. The molecular weight excluding hydrogens is 364 g/mol. The van der Waals surface area contributed by atoms with Crippen LogP contribution in [0.15, 0.2) is 73.7 Å². The molecule has 4 rings (SSSR count). The molecule has 0 aliphatic carbocycles. The largest absolute Gasteiger partial charge is 0.347 e. The molecule has 0 atom stereocenters. The molecule has 4 heterocycles. The standard InChI is InChI=1S/C22H18N6O/c1-15-8-17(4-5-25-15)19-9-16(10-24-12-19)11-28-22(29)20-3-2-18(13-27-20)21-14-23-6-7-26-21/h2-10,12-14H,11H2,1H3,(H,28,29). The first-order valence-electron chi connectivity index (χ1n) is 9.06. The van der Waals surface area contributed by atoms with Gasteiger partial charge in [-0.1, -0.05) is 0 Å². The van der Waals surface area contributed by atoms with Crippen molar-refractivity contribution in [3.63, 3.8) is 0 Å². The summed E-state index contributed by atoms with van der Waals surface area (Å²) in [6.07, 6.45) is 11.8. The van der Waals surface area contributed by atoms with Gasteiger partial charge < -0.3 is 5.32 Å². The third kappa shape index (κ3) is 4.47. The van der Waals surface area contributed by atoms with E-state index in [1.807, 2.05) is 25.1 Å². The summed E-state index contributed by atoms with van der Waals surface area (Å²) in [6.45, 7) is 2.31. The zero-order valence-electron chi connectivity index (χ0n) is 15.8. The first-order chi connectivity index (χ1) is 14.2. The van der Waals surface area contributed by atoms with Crippen LogP contribution in [-0.4, -0.2) is 30.8 Å². The highest BCUT2D eigenvalue weighted by atomic mass is 16.1. The van der Waals surface area contributed by atoms with Gasteiger partial charge in [0.25, 0.3) is 5.91 Å². The van der Waals surface area contributed by atoms with Crippen LogP contribution in [0, 0.1) is 6.92 Å². The average Bonchev–Trinajstić information content (AvgIpc) is 2.78. The van der Waals surface area contributed by atoms with E-state index in [0.717, 1.165) is 27.9 Å². The Hall–Kier alpha value is -4.00. The minimum Gasteiger partial charge on any atom is -0.347 e. The normalized spacial score (nSPS) is 10.5. The van der Waals surface area contributed by atoms with Gasteiger partial charge in [-0.25, -0.2) is 0 Å². The van der Waals surface area contributed by atoms with Gasteiger partial charge in [0, 0.05) is 60.5 Å². The van der Waals surface area contributed by atoms with Gasteiger partial charge >= 0.3 is 0 Å². The van der Waals surface area contributed by atoms with Crippen LogP contribution in [-0.2, 0) is 6.54 Å². The molecule has 7 nitrogen and oxygen atoms in total. The summed E-state index contributed by atoms with van der Waals surface area (Å²) in [5, 5.41) is 2.88. The smallest absolute Gasteiger partial charge is 0.270 e. The van der Waals surface area contributed by atoms with Gasteiger partial charge in [-0.2, -0.15) is 0 Å². The predicted molar refractivity (Wildman–Crippen MR) is 109 cm³/mol. The van der Waals surface area contributed by atoms with Crippen LogP contribution in [0.1, 0.15) is 21.7 Å². The lowest BCUT2D eigenvalue weighted by Gasteiger charge is -2.08. The fraction of sp³-hybridized carbons (Fsp3) is 0.0909. The Morgan fingerprint density at radius 1 is 0.828 bits per heavy atom. The van der Waals surface area contributed by atoms with Crippen LogP contribution in [0.4, 0.5) is 0 Å². The van der Waals surface area contributed by atoms with E-state index >= 15 is 0 Å². The molecule has 0 saturated carbocycles. The van der Waals surface area contributed by atoms with Crippen LogP contribution in [0.5, 0.6) is 0 Å². The summed E-state index contributed by atoms with van der Waals surface area (Å²) >= 11 is 0. The van der Waals surface area contributed by atoms with Crippen LogP contribution >= 0.6 is 0 Å². The van der Waals surface area contributed by atoms with Crippen molar-refractivity contribution in [3.8, 4) is 22.4 Å². The molecule has 1 amide bonds. The fourth-order valence-corrected chi connectivity index (χ4v) is 2.87. The molecule has 0 aliphatic rings. The van der Waals surface area contributed by atoms with Gasteiger partial charge in [0.15, 0.2) is 0 Å². The lowest BCUT2D eigenvalue weighted by atomic mass is 10.1. The Labute approximate surface area is 168 Å². The van der Waals surface area contributed by atoms with E-state index in [-0.39, 0.29) is 5.91 Å². The first kappa shape index (κ1) is 18.4. The molecule has 0 unspecified atom stereocenters.